The van der Waals surface area contributed by atoms with Crippen LogP contribution in [0.5, 0.6) is 5.75 Å². The van der Waals surface area contributed by atoms with Crippen molar-refractivity contribution in [3.8, 4) is 23.0 Å². The van der Waals surface area contributed by atoms with Crippen LogP contribution in [0.1, 0.15) is 17.9 Å². The third kappa shape index (κ3) is 4.77. The summed E-state index contributed by atoms with van der Waals surface area (Å²) in [5.41, 5.74) is 0.741. The standard InChI is InChI=1S/C23H22N6O5/c1-14-4-8-16(9-5-14)29-23(32)28(2)22(31)20(26-29)21-25-19(34-27-21)13-12-18(30)24-15-6-10-17(33-3)11-7-15/h4-11H,12-13H2,1-3H3,(H,24,30). The molecule has 0 unspecified atom stereocenters. The second kappa shape index (κ2) is 9.53. The van der Waals surface area contributed by atoms with Gasteiger partial charge >= 0.3 is 5.69 Å². The predicted octanol–water partition coefficient (Wildman–Crippen LogP) is 1.87. The van der Waals surface area contributed by atoms with E-state index in [1.165, 1.54) is 7.05 Å². The van der Waals surface area contributed by atoms with Gasteiger partial charge in [-0.2, -0.15) is 14.8 Å². The topological polar surface area (TPSA) is 134 Å². The molecular weight excluding hydrogens is 440 g/mol. The van der Waals surface area contributed by atoms with Gasteiger partial charge in [0.25, 0.3) is 5.56 Å². The van der Waals surface area contributed by atoms with E-state index in [-0.39, 0.29) is 36.2 Å². The fourth-order valence-electron chi connectivity index (χ4n) is 3.14. The summed E-state index contributed by atoms with van der Waals surface area (Å²) in [6.07, 6.45) is 0.245. The first kappa shape index (κ1) is 22.6. The van der Waals surface area contributed by atoms with Crippen molar-refractivity contribution >= 4 is 11.6 Å². The van der Waals surface area contributed by atoms with E-state index in [4.69, 9.17) is 9.26 Å². The molecule has 1 amide bonds. The van der Waals surface area contributed by atoms with Crippen molar-refractivity contribution in [2.24, 2.45) is 7.05 Å². The molecule has 11 heteroatoms. The van der Waals surface area contributed by atoms with Crippen LogP contribution in [-0.4, -0.2) is 37.5 Å². The number of rotatable bonds is 7. The molecule has 4 aromatic rings. The van der Waals surface area contributed by atoms with Crippen molar-refractivity contribution < 1.29 is 14.1 Å². The quantitative estimate of drug-likeness (QED) is 0.440. The maximum atomic E-state index is 12.6. The Morgan fingerprint density at radius 1 is 1.09 bits per heavy atom. The molecule has 0 aliphatic rings. The van der Waals surface area contributed by atoms with E-state index in [9.17, 15) is 14.4 Å². The van der Waals surface area contributed by atoms with Gasteiger partial charge in [0.05, 0.1) is 12.8 Å². The lowest BCUT2D eigenvalue weighted by Crippen LogP contribution is -2.40. The van der Waals surface area contributed by atoms with Gasteiger partial charge in [0.1, 0.15) is 5.75 Å². The number of methoxy groups -OCH3 is 1. The maximum Gasteiger partial charge on any atom is 0.351 e. The third-order valence-electron chi connectivity index (χ3n) is 5.07. The Morgan fingerprint density at radius 2 is 1.79 bits per heavy atom. The average molecular weight is 462 g/mol. The number of aromatic nitrogens is 5. The normalized spacial score (nSPS) is 10.8. The Balaban J connectivity index is 1.51. The van der Waals surface area contributed by atoms with E-state index in [0.717, 1.165) is 14.8 Å². The zero-order valence-corrected chi connectivity index (χ0v) is 18.8. The fraction of sp³-hybridized carbons (Fsp3) is 0.217. The average Bonchev–Trinajstić information content (AvgIpc) is 3.31. The number of benzene rings is 2. The number of amides is 1. The van der Waals surface area contributed by atoms with Crippen LogP contribution in [0.25, 0.3) is 17.2 Å². The monoisotopic (exact) mass is 462 g/mol. The summed E-state index contributed by atoms with van der Waals surface area (Å²) in [5, 5.41) is 10.8. The highest BCUT2D eigenvalue weighted by Crippen LogP contribution is 2.16. The Kier molecular flexibility index (Phi) is 6.35. The Labute approximate surface area is 193 Å². The molecule has 0 radical (unpaired) electrons. The number of hydrogen-bond donors (Lipinski definition) is 1. The van der Waals surface area contributed by atoms with E-state index in [2.05, 4.69) is 20.6 Å². The number of carbonyl (C=O) groups is 1. The first-order valence-corrected chi connectivity index (χ1v) is 10.4. The van der Waals surface area contributed by atoms with E-state index >= 15 is 0 Å². The van der Waals surface area contributed by atoms with Crippen LogP contribution in [0.4, 0.5) is 5.69 Å². The number of aryl methyl sites for hydroxylation is 2. The van der Waals surface area contributed by atoms with Crippen LogP contribution >= 0.6 is 0 Å². The van der Waals surface area contributed by atoms with Crippen LogP contribution in [0.15, 0.2) is 62.6 Å². The number of nitrogens with zero attached hydrogens (tertiary/aromatic N) is 5. The lowest BCUT2D eigenvalue weighted by Gasteiger charge is -2.08. The number of ether oxygens (including phenoxy) is 1. The van der Waals surface area contributed by atoms with Gasteiger partial charge in [-0.25, -0.2) is 4.79 Å². The zero-order chi connectivity index (χ0) is 24.2. The molecule has 1 N–H and O–H groups in total. The van der Waals surface area contributed by atoms with Gasteiger partial charge in [0.2, 0.25) is 17.6 Å². The van der Waals surface area contributed by atoms with Crippen LogP contribution in [-0.2, 0) is 18.3 Å². The van der Waals surface area contributed by atoms with E-state index in [1.54, 1.807) is 43.5 Å². The smallest absolute Gasteiger partial charge is 0.351 e. The molecule has 0 spiro atoms. The summed E-state index contributed by atoms with van der Waals surface area (Å²) in [7, 11) is 2.92. The van der Waals surface area contributed by atoms with Gasteiger partial charge in [0.15, 0.2) is 5.69 Å². The summed E-state index contributed by atoms with van der Waals surface area (Å²) < 4.78 is 12.3. The molecular formula is C23H22N6O5. The minimum Gasteiger partial charge on any atom is -0.497 e. The molecule has 0 atom stereocenters. The number of anilines is 1. The molecule has 2 aromatic carbocycles. The largest absolute Gasteiger partial charge is 0.497 e. The van der Waals surface area contributed by atoms with Crippen LogP contribution in [0.3, 0.4) is 0 Å². The summed E-state index contributed by atoms with van der Waals surface area (Å²) in [4.78, 5) is 41.7. The molecule has 0 aliphatic heterocycles. The number of nitrogens with one attached hydrogen (secondary N) is 1. The molecule has 0 saturated carbocycles. The Morgan fingerprint density at radius 3 is 2.47 bits per heavy atom. The van der Waals surface area contributed by atoms with Crippen LogP contribution in [0.2, 0.25) is 0 Å². The summed E-state index contributed by atoms with van der Waals surface area (Å²) in [6, 6.07) is 14.0. The molecule has 2 aromatic heterocycles. The van der Waals surface area contributed by atoms with Crippen molar-refractivity contribution in [2.45, 2.75) is 19.8 Å². The molecule has 2 heterocycles. The third-order valence-corrected chi connectivity index (χ3v) is 5.07. The lowest BCUT2D eigenvalue weighted by molar-refractivity contribution is -0.116. The van der Waals surface area contributed by atoms with Gasteiger partial charge in [-0.15, -0.1) is 0 Å². The molecule has 0 bridgehead atoms. The highest BCUT2D eigenvalue weighted by atomic mass is 16.5. The van der Waals surface area contributed by atoms with Crippen molar-refractivity contribution in [1.82, 2.24) is 24.5 Å². The number of carbonyl (C=O) groups excluding carboxylic acids is 1. The summed E-state index contributed by atoms with van der Waals surface area (Å²) in [5.74, 6) is 0.542. The van der Waals surface area contributed by atoms with E-state index < -0.39 is 11.2 Å². The van der Waals surface area contributed by atoms with Gasteiger partial charge in [-0.1, -0.05) is 22.9 Å². The highest BCUT2D eigenvalue weighted by molar-refractivity contribution is 5.90. The van der Waals surface area contributed by atoms with Crippen LogP contribution < -0.4 is 21.3 Å². The van der Waals surface area contributed by atoms with E-state index in [0.29, 0.717) is 17.1 Å². The SMILES string of the molecule is COc1ccc(NC(=O)CCc2nc(-c3nn(-c4ccc(C)cc4)c(=O)n(C)c3=O)no2)cc1. The predicted molar refractivity (Wildman–Crippen MR) is 123 cm³/mol. The van der Waals surface area contributed by atoms with Crippen molar-refractivity contribution in [3.63, 3.8) is 0 Å². The van der Waals surface area contributed by atoms with Gasteiger partial charge < -0.3 is 14.6 Å². The molecule has 11 nitrogen and oxygen atoms in total. The summed E-state index contributed by atoms with van der Waals surface area (Å²) in [6.45, 7) is 1.92. The number of hydrogen-bond acceptors (Lipinski definition) is 8. The molecule has 174 valence electrons. The molecule has 0 aliphatic carbocycles. The second-order valence-electron chi connectivity index (χ2n) is 7.53. The molecule has 4 rings (SSSR count). The molecule has 0 saturated heterocycles. The molecule has 0 fully saturated rings. The van der Waals surface area contributed by atoms with Crippen molar-refractivity contribution in [1.29, 1.82) is 0 Å². The minimum atomic E-state index is -0.655. The van der Waals surface area contributed by atoms with Crippen LogP contribution in [0, 0.1) is 6.92 Å². The lowest BCUT2D eigenvalue weighted by atomic mass is 10.2. The van der Waals surface area contributed by atoms with Gasteiger partial charge in [-0.3, -0.25) is 14.2 Å². The first-order valence-electron chi connectivity index (χ1n) is 10.4. The second-order valence-corrected chi connectivity index (χ2v) is 7.53. The maximum absolute atomic E-state index is 12.6. The van der Waals surface area contributed by atoms with Gasteiger partial charge in [-0.05, 0) is 43.3 Å². The molecule has 34 heavy (non-hydrogen) atoms. The Bertz CT molecular complexity index is 1430. The van der Waals surface area contributed by atoms with E-state index in [1.807, 2.05) is 19.1 Å². The van der Waals surface area contributed by atoms with Crippen molar-refractivity contribution in [2.75, 3.05) is 12.4 Å². The first-order chi connectivity index (χ1) is 16.4. The van der Waals surface area contributed by atoms with Gasteiger partial charge in [0, 0.05) is 25.6 Å². The summed E-state index contributed by atoms with van der Waals surface area (Å²) >= 11 is 0. The zero-order valence-electron chi connectivity index (χ0n) is 18.8. The fourth-order valence-corrected chi connectivity index (χ4v) is 3.14. The van der Waals surface area contributed by atoms with Crippen molar-refractivity contribution in [3.05, 3.63) is 80.8 Å². The highest BCUT2D eigenvalue weighted by Gasteiger charge is 2.19. The minimum absolute atomic E-state index is 0.0629. The Hall–Kier alpha value is -4.54.